The van der Waals surface area contributed by atoms with E-state index in [0.717, 1.165) is 4.57 Å². The van der Waals surface area contributed by atoms with Crippen LogP contribution in [0.5, 0.6) is 0 Å². The zero-order valence-electron chi connectivity index (χ0n) is 14.4. The van der Waals surface area contributed by atoms with Gasteiger partial charge in [-0.2, -0.15) is 0 Å². The minimum absolute atomic E-state index is 0.0286. The summed E-state index contributed by atoms with van der Waals surface area (Å²) in [4.78, 5) is 48.7. The molecule has 1 aliphatic carbocycles. The Kier molecular flexibility index (Phi) is 6.11. The van der Waals surface area contributed by atoms with Crippen LogP contribution in [0, 0.1) is 0 Å². The first-order valence-corrected chi connectivity index (χ1v) is 8.11. The van der Waals surface area contributed by atoms with Gasteiger partial charge in [-0.05, 0) is 19.9 Å². The number of fused-ring (bicyclic) bond motifs is 1. The van der Waals surface area contributed by atoms with Crippen molar-refractivity contribution < 1.29 is 29.0 Å². The van der Waals surface area contributed by atoms with Gasteiger partial charge in [0.05, 0.1) is 25.3 Å². The number of esters is 2. The number of hydrogen-bond donors (Lipinski definition) is 1. The lowest BCUT2D eigenvalue weighted by Gasteiger charge is -2.16. The highest BCUT2D eigenvalue weighted by Crippen LogP contribution is 2.29. The first kappa shape index (κ1) is 19.2. The van der Waals surface area contributed by atoms with E-state index < -0.39 is 35.9 Å². The zero-order chi connectivity index (χ0) is 19.3. The van der Waals surface area contributed by atoms with Gasteiger partial charge in [-0.15, -0.1) is 0 Å². The van der Waals surface area contributed by atoms with Crippen LogP contribution in [0.3, 0.4) is 0 Å². The number of hydrogen-bond acceptors (Lipinski definition) is 6. The van der Waals surface area contributed by atoms with E-state index in [2.05, 4.69) is 0 Å². The third kappa shape index (κ3) is 3.74. The van der Waals surface area contributed by atoms with Crippen LogP contribution < -0.4 is 5.56 Å². The number of carboxylic acids is 1. The lowest BCUT2D eigenvalue weighted by Crippen LogP contribution is -2.32. The number of aliphatic carboxylic acids is 1. The highest BCUT2D eigenvalue weighted by atomic mass is 16.5. The van der Waals surface area contributed by atoms with Crippen molar-refractivity contribution >= 4 is 17.9 Å². The molecule has 2 rings (SSSR count). The van der Waals surface area contributed by atoms with E-state index in [4.69, 9.17) is 14.6 Å². The van der Waals surface area contributed by atoms with Gasteiger partial charge >= 0.3 is 17.9 Å². The second kappa shape index (κ2) is 8.28. The fourth-order valence-electron chi connectivity index (χ4n) is 2.70. The molecule has 0 aromatic carbocycles. The van der Waals surface area contributed by atoms with Crippen LogP contribution in [0.25, 0.3) is 11.3 Å². The van der Waals surface area contributed by atoms with Crippen LogP contribution in [0.15, 0.2) is 35.1 Å². The maximum absolute atomic E-state index is 12.9. The fraction of sp³-hybridized carbons (Fsp3) is 0.333. The van der Waals surface area contributed by atoms with Crippen molar-refractivity contribution in [2.75, 3.05) is 13.2 Å². The van der Waals surface area contributed by atoms with E-state index >= 15 is 0 Å². The standard InChI is InChI=1S/C18H19NO7/c1-3-25-17(23)13(10-14(20)21)19-12-9-7-5-6-8-11(12)15(16(19)22)18(24)26-4-2/h5-9,13H,3-4,10H2,1-2H3,(H,20,21). The topological polar surface area (TPSA) is 112 Å². The molecule has 0 spiro atoms. The average molecular weight is 361 g/mol. The molecule has 8 heteroatoms. The summed E-state index contributed by atoms with van der Waals surface area (Å²) in [7, 11) is 0. The van der Waals surface area contributed by atoms with Crippen molar-refractivity contribution in [2.45, 2.75) is 26.3 Å². The summed E-state index contributed by atoms with van der Waals surface area (Å²) in [6, 6.07) is 6.62. The molecule has 1 unspecified atom stereocenters. The van der Waals surface area contributed by atoms with Crippen LogP contribution >= 0.6 is 0 Å². The van der Waals surface area contributed by atoms with Gasteiger partial charge in [0, 0.05) is 5.56 Å². The smallest absolute Gasteiger partial charge is 0.344 e. The highest BCUT2D eigenvalue weighted by molar-refractivity contribution is 5.98. The van der Waals surface area contributed by atoms with Crippen molar-refractivity contribution in [1.29, 1.82) is 0 Å². The molecule has 0 saturated carbocycles. The lowest BCUT2D eigenvalue weighted by molar-refractivity contribution is -0.151. The van der Waals surface area contributed by atoms with Gasteiger partial charge in [0.25, 0.3) is 5.56 Å². The predicted octanol–water partition coefficient (Wildman–Crippen LogP) is 1.71. The molecule has 2 aliphatic rings. The number of carbonyl (C=O) groups is 3. The first-order chi connectivity index (χ1) is 12.4. The molecule has 8 nitrogen and oxygen atoms in total. The van der Waals surface area contributed by atoms with E-state index in [1.807, 2.05) is 0 Å². The molecule has 138 valence electrons. The molecule has 0 bridgehead atoms. The van der Waals surface area contributed by atoms with E-state index in [1.165, 1.54) is 6.07 Å². The van der Waals surface area contributed by atoms with E-state index in [9.17, 15) is 19.2 Å². The number of ether oxygens (including phenoxy) is 2. The minimum Gasteiger partial charge on any atom is -0.481 e. The van der Waals surface area contributed by atoms with E-state index in [0.29, 0.717) is 0 Å². The lowest BCUT2D eigenvalue weighted by atomic mass is 10.1. The van der Waals surface area contributed by atoms with Crippen LogP contribution in [0.1, 0.15) is 36.7 Å². The molecule has 0 amide bonds. The highest BCUT2D eigenvalue weighted by Gasteiger charge is 2.34. The van der Waals surface area contributed by atoms with Crippen LogP contribution in [0.2, 0.25) is 0 Å². The van der Waals surface area contributed by atoms with E-state index in [-0.39, 0.29) is 30.0 Å². The number of carbonyl (C=O) groups excluding carboxylic acids is 2. The Bertz CT molecular complexity index is 855. The van der Waals surface area contributed by atoms with Gasteiger partial charge in [-0.3, -0.25) is 14.2 Å². The molecule has 1 aliphatic heterocycles. The summed E-state index contributed by atoms with van der Waals surface area (Å²) in [6.07, 6.45) is -0.654. The molecule has 0 radical (unpaired) electrons. The summed E-state index contributed by atoms with van der Waals surface area (Å²) in [5.74, 6) is -2.96. The van der Waals surface area contributed by atoms with Crippen molar-refractivity contribution in [3.63, 3.8) is 0 Å². The molecule has 1 atom stereocenters. The summed E-state index contributed by atoms with van der Waals surface area (Å²) in [5.41, 5.74) is -0.498. The number of nitrogens with zero attached hydrogens (tertiary/aromatic N) is 1. The largest absolute Gasteiger partial charge is 0.481 e. The van der Waals surface area contributed by atoms with Gasteiger partial charge < -0.3 is 14.6 Å². The molecule has 0 aromatic heterocycles. The van der Waals surface area contributed by atoms with Gasteiger partial charge in [-0.25, -0.2) is 9.59 Å². The van der Waals surface area contributed by atoms with Crippen molar-refractivity contribution in [3.05, 3.63) is 46.2 Å². The Morgan fingerprint density at radius 1 is 1.08 bits per heavy atom. The Hall–Kier alpha value is -3.16. The predicted molar refractivity (Wildman–Crippen MR) is 91.2 cm³/mol. The Morgan fingerprint density at radius 3 is 2.35 bits per heavy atom. The van der Waals surface area contributed by atoms with Crippen molar-refractivity contribution in [2.24, 2.45) is 0 Å². The summed E-state index contributed by atoms with van der Waals surface area (Å²) in [5, 5.41) is 9.16. The third-order valence-electron chi connectivity index (χ3n) is 3.69. The number of rotatable bonds is 7. The molecule has 1 N–H and O–H groups in total. The minimum atomic E-state index is -1.40. The van der Waals surface area contributed by atoms with Gasteiger partial charge in [0.1, 0.15) is 11.6 Å². The van der Waals surface area contributed by atoms with Gasteiger partial charge in [0.2, 0.25) is 0 Å². The molecular weight excluding hydrogens is 342 g/mol. The average Bonchev–Trinajstić information content (AvgIpc) is 2.72. The zero-order valence-corrected chi connectivity index (χ0v) is 14.4. The number of carboxylic acid groups (broad SMARTS) is 1. The molecule has 26 heavy (non-hydrogen) atoms. The fourth-order valence-corrected chi connectivity index (χ4v) is 2.70. The Morgan fingerprint density at radius 2 is 1.73 bits per heavy atom. The molecule has 0 aromatic rings. The molecule has 0 fully saturated rings. The maximum Gasteiger partial charge on any atom is 0.344 e. The Labute approximate surface area is 149 Å². The molecule has 0 saturated heterocycles. The SMILES string of the molecule is CCOC(=O)c1c2cccccc-2n(C(CC(=O)O)C(=O)OCC)c1=O. The second-order valence-corrected chi connectivity index (χ2v) is 5.35. The van der Waals surface area contributed by atoms with Gasteiger partial charge in [0.15, 0.2) is 0 Å². The quantitative estimate of drug-likeness (QED) is 0.747. The number of aromatic nitrogens is 1. The Balaban J connectivity index is 2.74. The van der Waals surface area contributed by atoms with Crippen molar-refractivity contribution in [1.82, 2.24) is 4.57 Å². The van der Waals surface area contributed by atoms with Crippen LogP contribution in [-0.2, 0) is 19.1 Å². The molecule has 1 heterocycles. The molecular formula is C18H19NO7. The normalized spacial score (nSPS) is 11.8. The summed E-state index contributed by atoms with van der Waals surface area (Å²) >= 11 is 0. The van der Waals surface area contributed by atoms with Crippen LogP contribution in [-0.4, -0.2) is 40.8 Å². The van der Waals surface area contributed by atoms with Gasteiger partial charge in [-0.1, -0.05) is 24.3 Å². The third-order valence-corrected chi connectivity index (χ3v) is 3.69. The second-order valence-electron chi connectivity index (χ2n) is 5.35. The van der Waals surface area contributed by atoms with Crippen molar-refractivity contribution in [3.8, 4) is 11.3 Å². The summed E-state index contributed by atoms with van der Waals surface area (Å²) < 4.78 is 10.9. The summed E-state index contributed by atoms with van der Waals surface area (Å²) in [6.45, 7) is 3.28. The monoisotopic (exact) mass is 361 g/mol. The van der Waals surface area contributed by atoms with E-state index in [1.54, 1.807) is 38.1 Å². The van der Waals surface area contributed by atoms with Crippen LogP contribution in [0.4, 0.5) is 0 Å². The maximum atomic E-state index is 12.9. The first-order valence-electron chi connectivity index (χ1n) is 8.11.